The minimum atomic E-state index is -0.455. The number of carbonyl (C=O) groups excluding carboxylic acids is 2. The first-order valence-corrected chi connectivity index (χ1v) is 7.54. The van der Waals surface area contributed by atoms with Crippen molar-refractivity contribution >= 4 is 11.8 Å². The molecule has 3 rings (SSSR count). The molecule has 1 aromatic rings. The van der Waals surface area contributed by atoms with E-state index in [-0.39, 0.29) is 23.7 Å². The van der Waals surface area contributed by atoms with Crippen LogP contribution in [0.5, 0.6) is 5.75 Å². The molecule has 0 spiro atoms. The van der Waals surface area contributed by atoms with E-state index in [1.165, 1.54) is 5.56 Å². The van der Waals surface area contributed by atoms with Gasteiger partial charge in [0.05, 0.1) is 17.4 Å². The molecule has 2 unspecified atom stereocenters. The van der Waals surface area contributed by atoms with E-state index in [0.717, 1.165) is 24.9 Å². The Balaban J connectivity index is 1.98. The summed E-state index contributed by atoms with van der Waals surface area (Å²) >= 11 is 0. The van der Waals surface area contributed by atoms with Crippen LogP contribution in [0.2, 0.25) is 0 Å². The van der Waals surface area contributed by atoms with E-state index >= 15 is 0 Å². The van der Waals surface area contributed by atoms with Crippen molar-refractivity contribution in [2.24, 2.45) is 5.92 Å². The molecule has 21 heavy (non-hydrogen) atoms. The maximum absolute atomic E-state index is 12.6. The second-order valence-electron chi connectivity index (χ2n) is 6.55. The second kappa shape index (κ2) is 4.95. The van der Waals surface area contributed by atoms with Gasteiger partial charge >= 0.3 is 5.97 Å². The molecular formula is C17H21NO3. The van der Waals surface area contributed by atoms with Crippen LogP contribution in [-0.2, 0) is 21.4 Å². The molecule has 0 amide bonds. The van der Waals surface area contributed by atoms with Gasteiger partial charge in [-0.25, -0.2) is 0 Å². The Hall–Kier alpha value is -1.68. The molecule has 1 N–H and O–H groups in total. The first-order chi connectivity index (χ1) is 9.91. The SMILES string of the molecule is CC(C)C(=O)Oc1ccc2c(c1)C1(C)CCNC(C2)C1=O. The van der Waals surface area contributed by atoms with Crippen LogP contribution in [0.4, 0.5) is 0 Å². The molecule has 4 nitrogen and oxygen atoms in total. The molecule has 4 heteroatoms. The second-order valence-corrected chi connectivity index (χ2v) is 6.55. The largest absolute Gasteiger partial charge is 0.426 e. The van der Waals surface area contributed by atoms with Crippen LogP contribution in [-0.4, -0.2) is 24.3 Å². The van der Waals surface area contributed by atoms with Gasteiger partial charge in [-0.1, -0.05) is 19.9 Å². The lowest BCUT2D eigenvalue weighted by molar-refractivity contribution is -0.137. The van der Waals surface area contributed by atoms with E-state index in [9.17, 15) is 9.59 Å². The summed E-state index contributed by atoms with van der Waals surface area (Å²) in [4.78, 5) is 24.3. The van der Waals surface area contributed by atoms with Gasteiger partial charge in [0.2, 0.25) is 0 Å². The van der Waals surface area contributed by atoms with Gasteiger partial charge in [-0.05, 0) is 49.6 Å². The zero-order valence-electron chi connectivity index (χ0n) is 12.7. The van der Waals surface area contributed by atoms with Crippen LogP contribution in [0.1, 0.15) is 38.3 Å². The summed E-state index contributed by atoms with van der Waals surface area (Å²) in [6.07, 6.45) is 1.51. The Bertz CT molecular complexity index is 608. The fraction of sp³-hybridized carbons (Fsp3) is 0.529. The number of fused-ring (bicyclic) bond motifs is 4. The number of esters is 1. The number of piperidine rings is 1. The van der Waals surface area contributed by atoms with Crippen molar-refractivity contribution in [3.63, 3.8) is 0 Å². The maximum atomic E-state index is 12.6. The average Bonchev–Trinajstić information content (AvgIpc) is 2.43. The van der Waals surface area contributed by atoms with Crippen molar-refractivity contribution in [1.29, 1.82) is 0 Å². The topological polar surface area (TPSA) is 55.4 Å². The van der Waals surface area contributed by atoms with Crippen LogP contribution in [0.25, 0.3) is 0 Å². The summed E-state index contributed by atoms with van der Waals surface area (Å²) in [6, 6.07) is 5.63. The van der Waals surface area contributed by atoms with Gasteiger partial charge in [-0.2, -0.15) is 0 Å². The molecule has 1 heterocycles. The fourth-order valence-corrected chi connectivity index (χ4v) is 3.29. The molecule has 2 atom stereocenters. The number of ketones is 1. The monoisotopic (exact) mass is 287 g/mol. The Labute approximate surface area is 124 Å². The van der Waals surface area contributed by atoms with Gasteiger partial charge in [-0.3, -0.25) is 9.59 Å². The Kier molecular flexibility index (Phi) is 3.36. The highest BCUT2D eigenvalue weighted by Gasteiger charge is 2.47. The van der Waals surface area contributed by atoms with Crippen molar-refractivity contribution in [2.75, 3.05) is 6.54 Å². The number of carbonyl (C=O) groups is 2. The molecule has 1 aliphatic heterocycles. The number of Topliss-reactive ketones (excluding diaryl/α,β-unsaturated/α-hetero) is 1. The van der Waals surface area contributed by atoms with E-state index in [1.807, 2.05) is 39.0 Å². The molecule has 1 fully saturated rings. The minimum absolute atomic E-state index is 0.0692. The van der Waals surface area contributed by atoms with E-state index in [1.54, 1.807) is 0 Å². The van der Waals surface area contributed by atoms with Crippen molar-refractivity contribution in [3.05, 3.63) is 29.3 Å². The predicted octanol–water partition coefficient (Wildman–Crippen LogP) is 1.99. The van der Waals surface area contributed by atoms with Gasteiger partial charge < -0.3 is 10.1 Å². The van der Waals surface area contributed by atoms with Crippen LogP contribution >= 0.6 is 0 Å². The van der Waals surface area contributed by atoms with Crippen molar-refractivity contribution in [3.8, 4) is 5.75 Å². The van der Waals surface area contributed by atoms with Crippen molar-refractivity contribution in [1.82, 2.24) is 5.32 Å². The number of hydrogen-bond acceptors (Lipinski definition) is 4. The normalized spacial score (nSPS) is 27.4. The van der Waals surface area contributed by atoms with Gasteiger partial charge in [0.1, 0.15) is 5.75 Å². The smallest absolute Gasteiger partial charge is 0.313 e. The van der Waals surface area contributed by atoms with Gasteiger partial charge in [0.25, 0.3) is 0 Å². The summed E-state index contributed by atoms with van der Waals surface area (Å²) in [5.74, 6) is 0.388. The number of rotatable bonds is 2. The summed E-state index contributed by atoms with van der Waals surface area (Å²) < 4.78 is 5.39. The number of benzene rings is 1. The van der Waals surface area contributed by atoms with Gasteiger partial charge in [0.15, 0.2) is 5.78 Å². The first-order valence-electron chi connectivity index (χ1n) is 7.54. The molecule has 2 aliphatic rings. The standard InChI is InChI=1S/C17H21NO3/c1-10(2)16(20)21-12-5-4-11-8-14-15(19)17(3,6-7-18-14)13(11)9-12/h4-5,9-10,14,18H,6-8H2,1-3H3. The highest BCUT2D eigenvalue weighted by atomic mass is 16.5. The minimum Gasteiger partial charge on any atom is -0.426 e. The van der Waals surface area contributed by atoms with E-state index < -0.39 is 5.41 Å². The molecule has 1 aliphatic carbocycles. The molecular weight excluding hydrogens is 266 g/mol. The van der Waals surface area contributed by atoms with Crippen molar-refractivity contribution < 1.29 is 14.3 Å². The third-order valence-corrected chi connectivity index (χ3v) is 4.67. The summed E-state index contributed by atoms with van der Waals surface area (Å²) in [5.41, 5.74) is 1.75. The lowest BCUT2D eigenvalue weighted by atomic mass is 9.65. The number of nitrogens with one attached hydrogen (secondary N) is 1. The maximum Gasteiger partial charge on any atom is 0.313 e. The highest BCUT2D eigenvalue weighted by molar-refractivity contribution is 5.97. The Morgan fingerprint density at radius 1 is 1.43 bits per heavy atom. The van der Waals surface area contributed by atoms with Gasteiger partial charge in [0, 0.05) is 0 Å². The molecule has 0 radical (unpaired) electrons. The Morgan fingerprint density at radius 2 is 2.19 bits per heavy atom. The summed E-state index contributed by atoms with van der Waals surface area (Å²) in [7, 11) is 0. The summed E-state index contributed by atoms with van der Waals surface area (Å²) in [6.45, 7) is 6.48. The van der Waals surface area contributed by atoms with E-state index in [2.05, 4.69) is 5.32 Å². The molecule has 1 saturated heterocycles. The number of hydrogen-bond donors (Lipinski definition) is 1. The molecule has 0 aromatic heterocycles. The Morgan fingerprint density at radius 3 is 2.90 bits per heavy atom. The average molecular weight is 287 g/mol. The van der Waals surface area contributed by atoms with Crippen LogP contribution in [0.15, 0.2) is 18.2 Å². The van der Waals surface area contributed by atoms with Crippen LogP contribution in [0, 0.1) is 5.92 Å². The predicted molar refractivity (Wildman–Crippen MR) is 79.4 cm³/mol. The quantitative estimate of drug-likeness (QED) is 0.667. The molecule has 1 aromatic carbocycles. The molecule has 2 bridgehead atoms. The zero-order valence-corrected chi connectivity index (χ0v) is 12.7. The first kappa shape index (κ1) is 14.3. The molecule has 0 saturated carbocycles. The third kappa shape index (κ3) is 2.27. The van der Waals surface area contributed by atoms with Gasteiger partial charge in [-0.15, -0.1) is 0 Å². The van der Waals surface area contributed by atoms with Crippen molar-refractivity contribution in [2.45, 2.75) is 45.1 Å². The van der Waals surface area contributed by atoms with E-state index in [4.69, 9.17) is 4.74 Å². The zero-order chi connectivity index (χ0) is 15.2. The van der Waals surface area contributed by atoms with Crippen LogP contribution in [0.3, 0.4) is 0 Å². The third-order valence-electron chi connectivity index (χ3n) is 4.67. The fourth-order valence-electron chi connectivity index (χ4n) is 3.29. The van der Waals surface area contributed by atoms with Crippen LogP contribution < -0.4 is 10.1 Å². The van der Waals surface area contributed by atoms with E-state index in [0.29, 0.717) is 5.75 Å². The summed E-state index contributed by atoms with van der Waals surface area (Å²) in [5, 5.41) is 3.29. The lowest BCUT2D eigenvalue weighted by Gasteiger charge is -2.43. The highest BCUT2D eigenvalue weighted by Crippen LogP contribution is 2.41. The number of ether oxygens (including phenoxy) is 1. The molecule has 112 valence electrons. The lowest BCUT2D eigenvalue weighted by Crippen LogP contribution is -2.57.